The SMILES string of the molecule is COc1cccc(OC)c1-n1c(NS(=O)(=O)CCc2ccc(C#N)cn2)nnc1-c1ccco1. The van der Waals surface area contributed by atoms with E-state index in [1.807, 2.05) is 6.07 Å². The summed E-state index contributed by atoms with van der Waals surface area (Å²) in [6.45, 7) is 0. The van der Waals surface area contributed by atoms with E-state index in [4.69, 9.17) is 19.2 Å². The standard InChI is InChI=1S/C22H20N6O5S/c1-31-17-5-3-6-18(32-2)20(17)28-21(19-7-4-11-33-19)25-26-22(28)27-34(29,30)12-10-16-9-8-15(13-23)14-24-16/h3-9,11,14H,10,12H2,1-2H3,(H,26,27). The Bertz CT molecular complexity index is 1400. The quantitative estimate of drug-likeness (QED) is 0.382. The van der Waals surface area contributed by atoms with Crippen LogP contribution in [-0.2, 0) is 16.4 Å². The van der Waals surface area contributed by atoms with Gasteiger partial charge in [-0.15, -0.1) is 10.2 Å². The smallest absolute Gasteiger partial charge is 0.243 e. The number of nitrogens with zero attached hydrogens (tertiary/aromatic N) is 5. The molecule has 3 aromatic heterocycles. The van der Waals surface area contributed by atoms with Crippen molar-refractivity contribution in [2.24, 2.45) is 0 Å². The molecule has 0 aliphatic rings. The summed E-state index contributed by atoms with van der Waals surface area (Å²) in [6.07, 6.45) is 3.01. The van der Waals surface area contributed by atoms with E-state index in [2.05, 4.69) is 19.9 Å². The molecular weight excluding hydrogens is 460 g/mol. The van der Waals surface area contributed by atoms with Crippen LogP contribution in [0.2, 0.25) is 0 Å². The van der Waals surface area contributed by atoms with E-state index in [1.54, 1.807) is 42.5 Å². The average molecular weight is 481 g/mol. The molecule has 11 nitrogen and oxygen atoms in total. The van der Waals surface area contributed by atoms with Crippen LogP contribution in [0.25, 0.3) is 17.3 Å². The average Bonchev–Trinajstić information content (AvgIpc) is 3.52. The van der Waals surface area contributed by atoms with Crippen molar-refractivity contribution in [3.8, 4) is 34.8 Å². The van der Waals surface area contributed by atoms with Gasteiger partial charge in [0.25, 0.3) is 0 Å². The molecule has 4 aromatic rings. The summed E-state index contributed by atoms with van der Waals surface area (Å²) in [4.78, 5) is 4.11. The van der Waals surface area contributed by atoms with Crippen LogP contribution in [0.3, 0.4) is 0 Å². The summed E-state index contributed by atoms with van der Waals surface area (Å²) >= 11 is 0. The monoisotopic (exact) mass is 480 g/mol. The van der Waals surface area contributed by atoms with Crippen LogP contribution >= 0.6 is 0 Å². The van der Waals surface area contributed by atoms with Crippen LogP contribution in [0, 0.1) is 11.3 Å². The fraction of sp³-hybridized carbons (Fsp3) is 0.182. The van der Waals surface area contributed by atoms with Crippen molar-refractivity contribution >= 4 is 16.0 Å². The van der Waals surface area contributed by atoms with Crippen molar-refractivity contribution in [1.82, 2.24) is 19.7 Å². The molecule has 34 heavy (non-hydrogen) atoms. The molecule has 0 aliphatic carbocycles. The normalized spacial score (nSPS) is 11.1. The van der Waals surface area contributed by atoms with Crippen LogP contribution < -0.4 is 14.2 Å². The summed E-state index contributed by atoms with van der Waals surface area (Å²) in [5.41, 5.74) is 1.33. The lowest BCUT2D eigenvalue weighted by molar-refractivity contribution is 0.391. The first-order valence-electron chi connectivity index (χ1n) is 10.0. The van der Waals surface area contributed by atoms with Crippen molar-refractivity contribution < 1.29 is 22.3 Å². The van der Waals surface area contributed by atoms with Gasteiger partial charge >= 0.3 is 0 Å². The summed E-state index contributed by atoms with van der Waals surface area (Å²) < 4.78 is 46.3. The molecule has 0 fully saturated rings. The second-order valence-electron chi connectivity index (χ2n) is 6.99. The van der Waals surface area contributed by atoms with Gasteiger partial charge in [0.2, 0.25) is 21.8 Å². The Morgan fingerprint density at radius 3 is 2.44 bits per heavy atom. The summed E-state index contributed by atoms with van der Waals surface area (Å²) in [7, 11) is -0.885. The van der Waals surface area contributed by atoms with Crippen LogP contribution in [0.15, 0.2) is 59.3 Å². The molecule has 3 heterocycles. The van der Waals surface area contributed by atoms with E-state index in [0.29, 0.717) is 34.2 Å². The number of sulfonamides is 1. The van der Waals surface area contributed by atoms with Gasteiger partial charge in [0.1, 0.15) is 23.3 Å². The highest BCUT2D eigenvalue weighted by atomic mass is 32.2. The molecule has 12 heteroatoms. The van der Waals surface area contributed by atoms with Crippen molar-refractivity contribution in [3.63, 3.8) is 0 Å². The van der Waals surface area contributed by atoms with Gasteiger partial charge in [-0.2, -0.15) is 5.26 Å². The van der Waals surface area contributed by atoms with E-state index >= 15 is 0 Å². The molecule has 0 unspecified atom stereocenters. The van der Waals surface area contributed by atoms with E-state index in [1.165, 1.54) is 31.2 Å². The third kappa shape index (κ3) is 4.69. The summed E-state index contributed by atoms with van der Waals surface area (Å²) in [6, 6.07) is 13.7. The topological polar surface area (TPSA) is 145 Å². The molecule has 1 N–H and O–H groups in total. The molecule has 0 radical (unpaired) electrons. The molecule has 0 saturated heterocycles. The number of furan rings is 1. The van der Waals surface area contributed by atoms with Gasteiger partial charge in [-0.25, -0.2) is 8.42 Å². The zero-order chi connectivity index (χ0) is 24.1. The molecule has 174 valence electrons. The van der Waals surface area contributed by atoms with Gasteiger partial charge in [0, 0.05) is 18.3 Å². The molecular formula is C22H20N6O5S. The maximum Gasteiger partial charge on any atom is 0.243 e. The molecule has 0 aliphatic heterocycles. The predicted molar refractivity (Wildman–Crippen MR) is 122 cm³/mol. The van der Waals surface area contributed by atoms with E-state index < -0.39 is 10.0 Å². The second-order valence-corrected chi connectivity index (χ2v) is 8.83. The second kappa shape index (κ2) is 9.63. The number of hydrogen-bond donors (Lipinski definition) is 1. The molecule has 4 rings (SSSR count). The highest BCUT2D eigenvalue weighted by Crippen LogP contribution is 2.37. The number of methoxy groups -OCH3 is 2. The number of anilines is 1. The number of para-hydroxylation sites is 1. The molecule has 0 amide bonds. The lowest BCUT2D eigenvalue weighted by Gasteiger charge is -2.17. The van der Waals surface area contributed by atoms with Crippen molar-refractivity contribution in [3.05, 3.63) is 66.2 Å². The van der Waals surface area contributed by atoms with Gasteiger partial charge in [-0.3, -0.25) is 14.3 Å². The largest absolute Gasteiger partial charge is 0.494 e. The van der Waals surface area contributed by atoms with Gasteiger partial charge in [0.15, 0.2) is 5.76 Å². The summed E-state index contributed by atoms with van der Waals surface area (Å²) in [5, 5.41) is 17.1. The number of pyridine rings is 1. The van der Waals surface area contributed by atoms with Crippen LogP contribution in [0.5, 0.6) is 11.5 Å². The van der Waals surface area contributed by atoms with Gasteiger partial charge in [0.05, 0.1) is 31.8 Å². The number of benzene rings is 1. The minimum absolute atomic E-state index is 0.0676. The zero-order valence-corrected chi connectivity index (χ0v) is 19.1. The number of ether oxygens (including phenoxy) is 2. The Morgan fingerprint density at radius 1 is 1.09 bits per heavy atom. The van der Waals surface area contributed by atoms with Crippen molar-refractivity contribution in [2.45, 2.75) is 6.42 Å². The Balaban J connectivity index is 1.71. The maximum absolute atomic E-state index is 12.9. The Hall–Kier alpha value is -4.37. The zero-order valence-electron chi connectivity index (χ0n) is 18.3. The lowest BCUT2D eigenvalue weighted by Crippen LogP contribution is -2.21. The summed E-state index contributed by atoms with van der Waals surface area (Å²) in [5.74, 6) is 1.11. The van der Waals surface area contributed by atoms with E-state index in [9.17, 15) is 8.42 Å². The minimum atomic E-state index is -3.86. The van der Waals surface area contributed by atoms with E-state index in [0.717, 1.165) is 0 Å². The fourth-order valence-corrected chi connectivity index (χ4v) is 4.24. The Kier molecular flexibility index (Phi) is 6.46. The van der Waals surface area contributed by atoms with Crippen molar-refractivity contribution in [2.75, 3.05) is 24.7 Å². The Labute approximate surface area is 195 Å². The number of rotatable bonds is 9. The first kappa shape index (κ1) is 22.8. The van der Waals surface area contributed by atoms with Gasteiger partial charge in [-0.05, 0) is 36.4 Å². The Morgan fingerprint density at radius 2 is 1.85 bits per heavy atom. The van der Waals surface area contributed by atoms with Crippen LogP contribution in [-0.4, -0.2) is 48.1 Å². The molecule has 0 saturated carbocycles. The third-order valence-corrected chi connectivity index (χ3v) is 6.09. The molecule has 0 atom stereocenters. The highest BCUT2D eigenvalue weighted by Gasteiger charge is 2.26. The highest BCUT2D eigenvalue weighted by molar-refractivity contribution is 7.92. The minimum Gasteiger partial charge on any atom is -0.494 e. The fourth-order valence-electron chi connectivity index (χ4n) is 3.25. The van der Waals surface area contributed by atoms with Gasteiger partial charge in [-0.1, -0.05) is 6.07 Å². The van der Waals surface area contributed by atoms with Crippen LogP contribution in [0.4, 0.5) is 5.95 Å². The molecule has 0 bridgehead atoms. The first-order valence-corrected chi connectivity index (χ1v) is 11.7. The van der Waals surface area contributed by atoms with Crippen molar-refractivity contribution in [1.29, 1.82) is 5.26 Å². The number of nitrogens with one attached hydrogen (secondary N) is 1. The number of hydrogen-bond acceptors (Lipinski definition) is 9. The number of aromatic nitrogens is 4. The number of aryl methyl sites for hydroxylation is 1. The number of nitriles is 1. The lowest BCUT2D eigenvalue weighted by atomic mass is 10.2. The molecule has 1 aromatic carbocycles. The van der Waals surface area contributed by atoms with Crippen LogP contribution in [0.1, 0.15) is 11.3 Å². The first-order chi connectivity index (χ1) is 16.5. The molecule has 0 spiro atoms. The predicted octanol–water partition coefficient (Wildman–Crippen LogP) is 2.80. The maximum atomic E-state index is 12.9. The van der Waals surface area contributed by atoms with E-state index in [-0.39, 0.29) is 23.9 Å². The van der Waals surface area contributed by atoms with Gasteiger partial charge < -0.3 is 13.9 Å². The third-order valence-electron chi connectivity index (χ3n) is 4.86.